The van der Waals surface area contributed by atoms with Crippen molar-refractivity contribution in [1.82, 2.24) is 4.98 Å². The van der Waals surface area contributed by atoms with Gasteiger partial charge in [-0.05, 0) is 34.1 Å². The number of benzene rings is 1. The number of hydrogen-bond acceptors (Lipinski definition) is 6. The number of rotatable bonds is 4. The van der Waals surface area contributed by atoms with Crippen LogP contribution in [-0.2, 0) is 9.53 Å². The average molecular weight is 389 g/mol. The lowest BCUT2D eigenvalue weighted by atomic mass is 10.1. The maximum absolute atomic E-state index is 12.1. The summed E-state index contributed by atoms with van der Waals surface area (Å²) in [6.45, 7) is 0. The van der Waals surface area contributed by atoms with Gasteiger partial charge in [0.05, 0.1) is 19.8 Å². The van der Waals surface area contributed by atoms with Gasteiger partial charge < -0.3 is 14.2 Å². The minimum Gasteiger partial charge on any atom is -0.493 e. The maximum Gasteiger partial charge on any atom is 0.363 e. The molecule has 1 aromatic heterocycles. The topological polar surface area (TPSA) is 70.0 Å². The van der Waals surface area contributed by atoms with Crippen LogP contribution in [0.3, 0.4) is 0 Å². The summed E-state index contributed by atoms with van der Waals surface area (Å²) >= 11 is 3.32. The molecule has 1 aliphatic rings. The number of cyclic esters (lactones) is 1. The predicted molar refractivity (Wildman–Crippen MR) is 92.1 cm³/mol. The monoisotopic (exact) mass is 388 g/mol. The second kappa shape index (κ2) is 6.84. The van der Waals surface area contributed by atoms with Gasteiger partial charge in [-0.3, -0.25) is 4.98 Å². The van der Waals surface area contributed by atoms with Gasteiger partial charge in [-0.15, -0.1) is 0 Å². The Balaban J connectivity index is 2.01. The molecule has 0 fully saturated rings. The fraction of sp³-hybridized carbons (Fsp3) is 0.118. The molecule has 0 bridgehead atoms. The Labute approximate surface area is 146 Å². The molecular weight excluding hydrogens is 376 g/mol. The summed E-state index contributed by atoms with van der Waals surface area (Å²) in [5.41, 5.74) is 1.46. The minimum absolute atomic E-state index is 0.177. The Morgan fingerprint density at radius 3 is 2.75 bits per heavy atom. The van der Waals surface area contributed by atoms with Crippen molar-refractivity contribution in [2.75, 3.05) is 14.2 Å². The molecule has 6 nitrogen and oxygen atoms in total. The molecule has 0 saturated carbocycles. The molecule has 122 valence electrons. The number of nitrogens with zero attached hydrogens (tertiary/aromatic N) is 2. The predicted octanol–water partition coefficient (Wildman–Crippen LogP) is 3.21. The number of pyridine rings is 1. The molecule has 3 rings (SSSR count). The van der Waals surface area contributed by atoms with E-state index >= 15 is 0 Å². The van der Waals surface area contributed by atoms with Gasteiger partial charge in [-0.2, -0.15) is 0 Å². The first kappa shape index (κ1) is 16.2. The van der Waals surface area contributed by atoms with Crippen LogP contribution in [0.15, 0.2) is 51.8 Å². The fourth-order valence-corrected chi connectivity index (χ4v) is 2.60. The first-order chi connectivity index (χ1) is 11.6. The number of carbonyl (C=O) groups is 1. The van der Waals surface area contributed by atoms with Crippen LogP contribution in [-0.4, -0.2) is 31.1 Å². The van der Waals surface area contributed by atoms with Crippen LogP contribution in [0.5, 0.6) is 11.5 Å². The van der Waals surface area contributed by atoms with Crippen LogP contribution in [0.25, 0.3) is 6.08 Å². The third-order valence-corrected chi connectivity index (χ3v) is 3.73. The second-order valence-electron chi connectivity index (χ2n) is 4.81. The molecule has 0 spiro atoms. The third kappa shape index (κ3) is 3.16. The largest absolute Gasteiger partial charge is 0.493 e. The first-order valence-electron chi connectivity index (χ1n) is 6.97. The third-order valence-electron chi connectivity index (χ3n) is 3.30. The van der Waals surface area contributed by atoms with Crippen molar-refractivity contribution in [2.45, 2.75) is 0 Å². The zero-order valence-electron chi connectivity index (χ0n) is 12.9. The lowest BCUT2D eigenvalue weighted by Gasteiger charge is -2.09. The number of aliphatic imine (C=N–C) groups is 1. The number of carbonyl (C=O) groups excluding carboxylic acids is 1. The van der Waals surface area contributed by atoms with Gasteiger partial charge in [0.2, 0.25) is 5.90 Å². The lowest BCUT2D eigenvalue weighted by Crippen LogP contribution is -2.05. The number of hydrogen-bond donors (Lipinski definition) is 0. The van der Waals surface area contributed by atoms with Crippen LogP contribution in [0.4, 0.5) is 0 Å². The van der Waals surface area contributed by atoms with E-state index in [0.29, 0.717) is 22.6 Å². The molecule has 0 unspecified atom stereocenters. The van der Waals surface area contributed by atoms with E-state index in [1.165, 1.54) is 7.11 Å². The molecule has 2 aromatic rings. The van der Waals surface area contributed by atoms with Crippen molar-refractivity contribution in [2.24, 2.45) is 4.99 Å². The maximum atomic E-state index is 12.1. The van der Waals surface area contributed by atoms with E-state index in [1.54, 1.807) is 49.8 Å². The summed E-state index contributed by atoms with van der Waals surface area (Å²) in [6, 6.07) is 7.15. The zero-order valence-corrected chi connectivity index (χ0v) is 14.5. The van der Waals surface area contributed by atoms with Gasteiger partial charge in [0.25, 0.3) is 0 Å². The van der Waals surface area contributed by atoms with Crippen molar-refractivity contribution in [3.8, 4) is 11.5 Å². The average Bonchev–Trinajstić information content (AvgIpc) is 2.95. The summed E-state index contributed by atoms with van der Waals surface area (Å²) in [5, 5.41) is 0. The molecule has 0 amide bonds. The number of methoxy groups -OCH3 is 2. The first-order valence-corrected chi connectivity index (χ1v) is 7.76. The number of para-hydroxylation sites is 1. The van der Waals surface area contributed by atoms with Crippen molar-refractivity contribution >= 4 is 33.9 Å². The highest BCUT2D eigenvalue weighted by Crippen LogP contribution is 2.33. The highest BCUT2D eigenvalue weighted by Gasteiger charge is 2.25. The van der Waals surface area contributed by atoms with E-state index in [4.69, 9.17) is 14.2 Å². The summed E-state index contributed by atoms with van der Waals surface area (Å²) in [5.74, 6) is 0.767. The molecule has 24 heavy (non-hydrogen) atoms. The van der Waals surface area contributed by atoms with E-state index in [9.17, 15) is 4.79 Å². The van der Waals surface area contributed by atoms with Crippen LogP contribution < -0.4 is 9.47 Å². The smallest absolute Gasteiger partial charge is 0.363 e. The Hall–Kier alpha value is -2.67. The minimum atomic E-state index is -0.533. The summed E-state index contributed by atoms with van der Waals surface area (Å²) in [4.78, 5) is 20.4. The Bertz CT molecular complexity index is 861. The van der Waals surface area contributed by atoms with E-state index in [2.05, 4.69) is 25.9 Å². The number of halogens is 1. The molecule has 0 aliphatic carbocycles. The second-order valence-corrected chi connectivity index (χ2v) is 5.73. The Morgan fingerprint density at radius 2 is 2.04 bits per heavy atom. The summed E-state index contributed by atoms with van der Waals surface area (Å²) in [7, 11) is 3.09. The Kier molecular flexibility index (Phi) is 4.61. The molecule has 2 heterocycles. The van der Waals surface area contributed by atoms with Crippen molar-refractivity contribution in [1.29, 1.82) is 0 Å². The molecule has 0 N–H and O–H groups in total. The van der Waals surface area contributed by atoms with Gasteiger partial charge in [0.15, 0.2) is 17.2 Å². The number of esters is 1. The summed E-state index contributed by atoms with van der Waals surface area (Å²) < 4.78 is 16.6. The summed E-state index contributed by atoms with van der Waals surface area (Å²) in [6.07, 6.45) is 4.81. The van der Waals surface area contributed by atoms with E-state index < -0.39 is 5.97 Å². The standard InChI is InChI=1S/C17H13BrN2O4/c1-22-14-5-3-4-10(15(14)23-2)7-13-17(21)24-16(20-13)11-6-12(18)9-19-8-11/h3-9H,1-2H3/b13-7+. The molecule has 1 aromatic carbocycles. The van der Waals surface area contributed by atoms with Crippen molar-refractivity contribution < 1.29 is 19.0 Å². The molecule has 1 aliphatic heterocycles. The molecular formula is C17H13BrN2O4. The van der Waals surface area contributed by atoms with Gasteiger partial charge in [-0.1, -0.05) is 12.1 Å². The normalized spacial score (nSPS) is 15.2. The van der Waals surface area contributed by atoms with E-state index in [1.807, 2.05) is 0 Å². The molecule has 0 atom stereocenters. The van der Waals surface area contributed by atoms with E-state index in [0.717, 1.165) is 4.47 Å². The lowest BCUT2D eigenvalue weighted by molar-refractivity contribution is -0.129. The van der Waals surface area contributed by atoms with Crippen molar-refractivity contribution in [3.05, 3.63) is 58.0 Å². The Morgan fingerprint density at radius 1 is 1.21 bits per heavy atom. The molecule has 7 heteroatoms. The fourth-order valence-electron chi connectivity index (χ4n) is 2.23. The number of ether oxygens (including phenoxy) is 3. The van der Waals surface area contributed by atoms with Crippen LogP contribution >= 0.6 is 15.9 Å². The van der Waals surface area contributed by atoms with Crippen LogP contribution in [0, 0.1) is 0 Å². The highest BCUT2D eigenvalue weighted by atomic mass is 79.9. The molecule has 0 radical (unpaired) electrons. The van der Waals surface area contributed by atoms with Crippen molar-refractivity contribution in [3.63, 3.8) is 0 Å². The zero-order chi connectivity index (χ0) is 17.1. The highest BCUT2D eigenvalue weighted by molar-refractivity contribution is 9.10. The SMILES string of the molecule is COc1cccc(/C=C2/N=C(c3cncc(Br)c3)OC2=O)c1OC. The van der Waals surface area contributed by atoms with Crippen LogP contribution in [0.1, 0.15) is 11.1 Å². The molecule has 0 saturated heterocycles. The van der Waals surface area contributed by atoms with E-state index in [-0.39, 0.29) is 11.6 Å². The van der Waals surface area contributed by atoms with Gasteiger partial charge in [0, 0.05) is 22.4 Å². The number of aromatic nitrogens is 1. The van der Waals surface area contributed by atoms with Gasteiger partial charge in [-0.25, -0.2) is 9.79 Å². The van der Waals surface area contributed by atoms with Gasteiger partial charge >= 0.3 is 5.97 Å². The van der Waals surface area contributed by atoms with Gasteiger partial charge in [0.1, 0.15) is 0 Å². The van der Waals surface area contributed by atoms with Crippen LogP contribution in [0.2, 0.25) is 0 Å². The quantitative estimate of drug-likeness (QED) is 0.593.